The second kappa shape index (κ2) is 6.91. The molecule has 0 heterocycles. The molecule has 102 valence electrons. The van der Waals surface area contributed by atoms with E-state index in [9.17, 15) is 0 Å². The first-order valence-electron chi connectivity index (χ1n) is 6.72. The highest BCUT2D eigenvalue weighted by Crippen LogP contribution is 2.24. The van der Waals surface area contributed by atoms with Crippen molar-refractivity contribution in [3.8, 4) is 6.07 Å². The van der Waals surface area contributed by atoms with E-state index in [2.05, 4.69) is 11.4 Å². The number of nitrogens with one attached hydrogen (secondary N) is 1. The van der Waals surface area contributed by atoms with Gasteiger partial charge in [-0.1, -0.05) is 30.5 Å². The van der Waals surface area contributed by atoms with Gasteiger partial charge in [-0.15, -0.1) is 0 Å². The van der Waals surface area contributed by atoms with Crippen molar-refractivity contribution in [3.63, 3.8) is 0 Å². The van der Waals surface area contributed by atoms with Crippen LogP contribution in [-0.2, 0) is 11.3 Å². The molecule has 0 aliphatic heterocycles. The summed E-state index contributed by atoms with van der Waals surface area (Å²) in [5, 5.41) is 12.7. The van der Waals surface area contributed by atoms with Gasteiger partial charge in [0.1, 0.15) is 0 Å². The molecule has 1 aromatic rings. The fourth-order valence-electron chi connectivity index (χ4n) is 2.56. The quantitative estimate of drug-likeness (QED) is 0.919. The number of hydrogen-bond acceptors (Lipinski definition) is 3. The summed E-state index contributed by atoms with van der Waals surface area (Å²) >= 11 is 6.15. The van der Waals surface area contributed by atoms with E-state index in [0.29, 0.717) is 23.2 Å². The molecule has 0 spiro atoms. The maximum atomic E-state index is 8.81. The Balaban J connectivity index is 1.96. The van der Waals surface area contributed by atoms with Gasteiger partial charge >= 0.3 is 0 Å². The zero-order chi connectivity index (χ0) is 13.7. The van der Waals surface area contributed by atoms with E-state index < -0.39 is 0 Å². The van der Waals surface area contributed by atoms with Crippen LogP contribution in [0, 0.1) is 11.3 Å². The van der Waals surface area contributed by atoms with Gasteiger partial charge in [-0.25, -0.2) is 0 Å². The number of likely N-dealkylation sites (N-methyl/N-ethyl adjacent to an activating group) is 1. The second-order valence-electron chi connectivity index (χ2n) is 4.95. The third-order valence-electron chi connectivity index (χ3n) is 3.71. The van der Waals surface area contributed by atoms with Crippen LogP contribution < -0.4 is 5.32 Å². The van der Waals surface area contributed by atoms with Crippen LogP contribution in [0.3, 0.4) is 0 Å². The van der Waals surface area contributed by atoms with Crippen LogP contribution in [0.25, 0.3) is 0 Å². The fourth-order valence-corrected chi connectivity index (χ4v) is 2.79. The highest BCUT2D eigenvalue weighted by molar-refractivity contribution is 6.31. The van der Waals surface area contributed by atoms with Crippen molar-refractivity contribution < 1.29 is 4.74 Å². The molecule has 1 saturated carbocycles. The standard InChI is InChI=1S/C15H19ClN2O/c1-18-14-4-2-3-5-15(14)19-10-12-7-6-11(9-17)8-13(12)16/h6-8,14-15,18H,2-5,10H2,1H3. The summed E-state index contributed by atoms with van der Waals surface area (Å²) in [5.74, 6) is 0. The Morgan fingerprint density at radius 2 is 2.21 bits per heavy atom. The van der Waals surface area contributed by atoms with Crippen molar-refractivity contribution >= 4 is 11.6 Å². The van der Waals surface area contributed by atoms with Crippen molar-refractivity contribution in [2.75, 3.05) is 7.05 Å². The number of nitriles is 1. The summed E-state index contributed by atoms with van der Waals surface area (Å²) in [5.41, 5.74) is 1.53. The van der Waals surface area contributed by atoms with Gasteiger partial charge in [-0.3, -0.25) is 0 Å². The zero-order valence-electron chi connectivity index (χ0n) is 11.2. The Morgan fingerprint density at radius 3 is 2.89 bits per heavy atom. The van der Waals surface area contributed by atoms with Crippen LogP contribution >= 0.6 is 11.6 Å². The first-order valence-corrected chi connectivity index (χ1v) is 7.10. The normalized spacial score (nSPS) is 23.0. The molecule has 0 aromatic heterocycles. The van der Waals surface area contributed by atoms with Gasteiger partial charge in [0, 0.05) is 11.1 Å². The van der Waals surface area contributed by atoms with Crippen molar-refractivity contribution in [2.24, 2.45) is 0 Å². The lowest BCUT2D eigenvalue weighted by Crippen LogP contribution is -2.41. The molecule has 0 amide bonds. The topological polar surface area (TPSA) is 45.0 Å². The van der Waals surface area contributed by atoms with Gasteiger partial charge in [-0.05, 0) is 37.6 Å². The molecule has 1 aliphatic carbocycles. The Bertz CT molecular complexity index is 470. The maximum absolute atomic E-state index is 8.81. The highest BCUT2D eigenvalue weighted by atomic mass is 35.5. The van der Waals surface area contributed by atoms with Gasteiger partial charge in [0.05, 0.1) is 24.3 Å². The number of rotatable bonds is 4. The number of nitrogens with zero attached hydrogens (tertiary/aromatic N) is 1. The predicted molar refractivity (Wildman–Crippen MR) is 76.1 cm³/mol. The Hall–Kier alpha value is -1.08. The minimum absolute atomic E-state index is 0.255. The molecule has 0 bridgehead atoms. The molecule has 1 aromatic carbocycles. The first kappa shape index (κ1) is 14.3. The SMILES string of the molecule is CNC1CCCCC1OCc1ccc(C#N)cc1Cl. The number of halogens is 1. The molecule has 1 fully saturated rings. The predicted octanol–water partition coefficient (Wildman–Crippen LogP) is 3.26. The molecule has 3 nitrogen and oxygen atoms in total. The lowest BCUT2D eigenvalue weighted by atomic mass is 9.92. The molecule has 0 radical (unpaired) electrons. The largest absolute Gasteiger partial charge is 0.372 e. The molecule has 2 atom stereocenters. The molecule has 1 aliphatic rings. The monoisotopic (exact) mass is 278 g/mol. The van der Waals surface area contributed by atoms with E-state index in [1.165, 1.54) is 19.3 Å². The van der Waals surface area contributed by atoms with Crippen LogP contribution in [0.2, 0.25) is 5.02 Å². The van der Waals surface area contributed by atoms with E-state index in [1.807, 2.05) is 13.1 Å². The number of benzene rings is 1. The van der Waals surface area contributed by atoms with Crippen LogP contribution in [0.4, 0.5) is 0 Å². The fraction of sp³-hybridized carbons (Fsp3) is 0.533. The Kier molecular flexibility index (Phi) is 5.21. The molecular formula is C15H19ClN2O. The highest BCUT2D eigenvalue weighted by Gasteiger charge is 2.24. The van der Waals surface area contributed by atoms with Crippen molar-refractivity contribution in [1.82, 2.24) is 5.32 Å². The minimum Gasteiger partial charge on any atom is -0.372 e. The average Bonchev–Trinajstić information content (AvgIpc) is 2.46. The molecule has 2 rings (SSSR count). The van der Waals surface area contributed by atoms with Crippen molar-refractivity contribution in [3.05, 3.63) is 34.3 Å². The first-order chi connectivity index (χ1) is 9.24. The summed E-state index contributed by atoms with van der Waals surface area (Å²) in [6.45, 7) is 0.507. The smallest absolute Gasteiger partial charge is 0.0992 e. The second-order valence-corrected chi connectivity index (χ2v) is 5.35. The molecule has 0 saturated heterocycles. The van der Waals surface area contributed by atoms with Crippen LogP contribution in [-0.4, -0.2) is 19.2 Å². The Morgan fingerprint density at radius 1 is 1.42 bits per heavy atom. The van der Waals surface area contributed by atoms with Crippen LogP contribution in [0.5, 0.6) is 0 Å². The molecule has 4 heteroatoms. The number of hydrogen-bond donors (Lipinski definition) is 1. The van der Waals surface area contributed by atoms with Crippen LogP contribution in [0.1, 0.15) is 36.8 Å². The van der Waals surface area contributed by atoms with Gasteiger partial charge < -0.3 is 10.1 Å². The van der Waals surface area contributed by atoms with E-state index in [-0.39, 0.29) is 6.10 Å². The molecule has 2 unspecified atom stereocenters. The molecule has 1 N–H and O–H groups in total. The van der Waals surface area contributed by atoms with E-state index in [4.69, 9.17) is 21.6 Å². The van der Waals surface area contributed by atoms with Crippen molar-refractivity contribution in [1.29, 1.82) is 5.26 Å². The third-order valence-corrected chi connectivity index (χ3v) is 4.06. The van der Waals surface area contributed by atoms with E-state index in [0.717, 1.165) is 12.0 Å². The Labute approximate surface area is 119 Å². The van der Waals surface area contributed by atoms with E-state index in [1.54, 1.807) is 12.1 Å². The summed E-state index contributed by atoms with van der Waals surface area (Å²) in [7, 11) is 1.99. The molecule has 19 heavy (non-hydrogen) atoms. The van der Waals surface area contributed by atoms with Crippen LogP contribution in [0.15, 0.2) is 18.2 Å². The van der Waals surface area contributed by atoms with Gasteiger partial charge in [0.25, 0.3) is 0 Å². The lowest BCUT2D eigenvalue weighted by Gasteiger charge is -2.31. The average molecular weight is 279 g/mol. The summed E-state index contributed by atoms with van der Waals surface area (Å²) in [6.07, 6.45) is 5.01. The van der Waals surface area contributed by atoms with Crippen molar-refractivity contribution in [2.45, 2.75) is 44.4 Å². The molecular weight excluding hydrogens is 260 g/mol. The maximum Gasteiger partial charge on any atom is 0.0992 e. The van der Waals surface area contributed by atoms with E-state index >= 15 is 0 Å². The zero-order valence-corrected chi connectivity index (χ0v) is 11.9. The third kappa shape index (κ3) is 3.70. The summed E-state index contributed by atoms with van der Waals surface area (Å²) in [4.78, 5) is 0. The summed E-state index contributed by atoms with van der Waals surface area (Å²) < 4.78 is 6.00. The minimum atomic E-state index is 0.255. The van der Waals surface area contributed by atoms with Gasteiger partial charge in [0.2, 0.25) is 0 Å². The number of ether oxygens (including phenoxy) is 1. The lowest BCUT2D eigenvalue weighted by molar-refractivity contribution is -0.00357. The van der Waals surface area contributed by atoms with Gasteiger partial charge in [0.15, 0.2) is 0 Å². The van der Waals surface area contributed by atoms with Gasteiger partial charge in [-0.2, -0.15) is 5.26 Å². The summed E-state index contributed by atoms with van der Waals surface area (Å²) in [6, 6.07) is 7.86.